The van der Waals surface area contributed by atoms with Crippen LogP contribution in [0.25, 0.3) is 11.0 Å². The first-order valence-electron chi connectivity index (χ1n) is 5.59. The van der Waals surface area contributed by atoms with Gasteiger partial charge in [0.05, 0.1) is 0 Å². The smallest absolute Gasteiger partial charge is 0.137 e. The van der Waals surface area contributed by atoms with Gasteiger partial charge in [0.25, 0.3) is 0 Å². The molecule has 0 saturated heterocycles. The molecule has 3 rings (SSSR count). The van der Waals surface area contributed by atoms with E-state index in [1.165, 1.54) is 5.56 Å². The van der Waals surface area contributed by atoms with E-state index in [0.29, 0.717) is 11.7 Å². The fourth-order valence-electron chi connectivity index (χ4n) is 1.87. The van der Waals surface area contributed by atoms with E-state index in [1.54, 1.807) is 18.5 Å². The highest BCUT2D eigenvalue weighted by molar-refractivity contribution is 6.29. The van der Waals surface area contributed by atoms with Gasteiger partial charge in [-0.2, -0.15) is 0 Å². The topological polar surface area (TPSA) is 53.6 Å². The van der Waals surface area contributed by atoms with Crippen molar-refractivity contribution in [3.8, 4) is 0 Å². The first-order chi connectivity index (χ1) is 8.83. The maximum absolute atomic E-state index is 5.83. The average molecular weight is 259 g/mol. The molecule has 0 aliphatic rings. The lowest BCUT2D eigenvalue weighted by molar-refractivity contribution is 1.15. The van der Waals surface area contributed by atoms with Crippen molar-refractivity contribution >= 4 is 28.3 Å². The lowest BCUT2D eigenvalue weighted by Gasteiger charge is -2.05. The molecule has 3 aromatic heterocycles. The second-order valence-corrected chi connectivity index (χ2v) is 4.32. The highest BCUT2D eigenvalue weighted by Crippen LogP contribution is 2.18. The van der Waals surface area contributed by atoms with Gasteiger partial charge in [-0.3, -0.25) is 0 Å². The first-order valence-corrected chi connectivity index (χ1v) is 5.97. The van der Waals surface area contributed by atoms with Crippen LogP contribution in [0.1, 0.15) is 5.56 Å². The number of pyridine rings is 2. The van der Waals surface area contributed by atoms with Crippen molar-refractivity contribution < 1.29 is 0 Å². The molecule has 90 valence electrons. The molecule has 0 unspecified atom stereocenters. The number of H-pyrrole nitrogens is 1. The zero-order valence-electron chi connectivity index (χ0n) is 9.52. The molecule has 18 heavy (non-hydrogen) atoms. The third-order valence-corrected chi connectivity index (χ3v) is 2.95. The normalized spacial score (nSPS) is 10.7. The lowest BCUT2D eigenvalue weighted by atomic mass is 10.2. The molecule has 0 aliphatic heterocycles. The molecular formula is C13H11ClN4. The monoisotopic (exact) mass is 258 g/mol. The number of hydrogen-bond donors (Lipinski definition) is 2. The number of hydrogen-bond acceptors (Lipinski definition) is 3. The van der Waals surface area contributed by atoms with Gasteiger partial charge >= 0.3 is 0 Å². The Balaban J connectivity index is 1.81. The number of aromatic amines is 1. The molecule has 0 amide bonds. The molecule has 0 aromatic carbocycles. The summed E-state index contributed by atoms with van der Waals surface area (Å²) in [6.45, 7) is 0.714. The molecule has 0 spiro atoms. The molecule has 0 bridgehead atoms. The molecular weight excluding hydrogens is 248 g/mol. The molecule has 0 aliphatic carbocycles. The number of halogens is 1. The molecule has 5 heteroatoms. The zero-order valence-corrected chi connectivity index (χ0v) is 10.3. The summed E-state index contributed by atoms with van der Waals surface area (Å²) in [7, 11) is 0. The van der Waals surface area contributed by atoms with Gasteiger partial charge < -0.3 is 10.3 Å². The fraction of sp³-hybridized carbons (Fsp3) is 0.0769. The number of aromatic nitrogens is 3. The minimum absolute atomic E-state index is 0.487. The SMILES string of the molecule is Clc1cc(NCc2c[nH]c3ncccc23)ccn1. The number of nitrogens with one attached hydrogen (secondary N) is 2. The van der Waals surface area contributed by atoms with E-state index in [4.69, 9.17) is 11.6 Å². The predicted octanol–water partition coefficient (Wildman–Crippen LogP) is 3.22. The van der Waals surface area contributed by atoms with Crippen LogP contribution in [0.2, 0.25) is 5.15 Å². The van der Waals surface area contributed by atoms with Gasteiger partial charge in [0.1, 0.15) is 10.8 Å². The van der Waals surface area contributed by atoms with Crippen LogP contribution in [0.15, 0.2) is 42.9 Å². The van der Waals surface area contributed by atoms with Crippen LogP contribution in [-0.2, 0) is 6.54 Å². The fourth-order valence-corrected chi connectivity index (χ4v) is 2.04. The summed E-state index contributed by atoms with van der Waals surface area (Å²) in [4.78, 5) is 11.3. The largest absolute Gasteiger partial charge is 0.381 e. The van der Waals surface area contributed by atoms with Gasteiger partial charge in [-0.05, 0) is 29.8 Å². The minimum atomic E-state index is 0.487. The van der Waals surface area contributed by atoms with Crippen molar-refractivity contribution in [2.24, 2.45) is 0 Å². The second kappa shape index (κ2) is 4.66. The van der Waals surface area contributed by atoms with E-state index in [0.717, 1.165) is 16.7 Å². The van der Waals surface area contributed by atoms with Gasteiger partial charge in [0.2, 0.25) is 0 Å². The summed E-state index contributed by atoms with van der Waals surface area (Å²) in [6.07, 6.45) is 5.42. The summed E-state index contributed by atoms with van der Waals surface area (Å²) in [5, 5.41) is 4.92. The Kier molecular flexibility index (Phi) is 2.86. The summed E-state index contributed by atoms with van der Waals surface area (Å²) in [5.74, 6) is 0. The van der Waals surface area contributed by atoms with Gasteiger partial charge in [-0.25, -0.2) is 9.97 Å². The summed E-state index contributed by atoms with van der Waals surface area (Å²) >= 11 is 5.83. The summed E-state index contributed by atoms with van der Waals surface area (Å²) in [5.41, 5.74) is 3.03. The van der Waals surface area contributed by atoms with Crippen molar-refractivity contribution in [2.45, 2.75) is 6.54 Å². The third kappa shape index (κ3) is 2.15. The molecule has 0 saturated carbocycles. The minimum Gasteiger partial charge on any atom is -0.381 e. The molecule has 3 aromatic rings. The first kappa shape index (κ1) is 11.0. The lowest BCUT2D eigenvalue weighted by Crippen LogP contribution is -1.98. The molecule has 0 atom stereocenters. The molecule has 4 nitrogen and oxygen atoms in total. The van der Waals surface area contributed by atoms with Crippen LogP contribution in [0.5, 0.6) is 0 Å². The van der Waals surface area contributed by atoms with Crippen molar-refractivity contribution in [1.82, 2.24) is 15.0 Å². The van der Waals surface area contributed by atoms with E-state index in [9.17, 15) is 0 Å². The average Bonchev–Trinajstić information content (AvgIpc) is 2.80. The van der Waals surface area contributed by atoms with E-state index < -0.39 is 0 Å². The van der Waals surface area contributed by atoms with Crippen molar-refractivity contribution in [1.29, 1.82) is 0 Å². The number of nitrogens with zero attached hydrogens (tertiary/aromatic N) is 2. The molecule has 3 heterocycles. The quantitative estimate of drug-likeness (QED) is 0.709. The Morgan fingerprint density at radius 1 is 1.22 bits per heavy atom. The molecule has 2 N–H and O–H groups in total. The van der Waals surface area contributed by atoms with Crippen molar-refractivity contribution in [3.63, 3.8) is 0 Å². The van der Waals surface area contributed by atoms with Gasteiger partial charge in [0.15, 0.2) is 0 Å². The van der Waals surface area contributed by atoms with Crippen molar-refractivity contribution in [3.05, 3.63) is 53.6 Å². The Hall–Kier alpha value is -2.07. The van der Waals surface area contributed by atoms with Crippen LogP contribution >= 0.6 is 11.6 Å². The van der Waals surface area contributed by atoms with Crippen LogP contribution in [0, 0.1) is 0 Å². The van der Waals surface area contributed by atoms with E-state index in [1.807, 2.05) is 18.3 Å². The van der Waals surface area contributed by atoms with E-state index in [-0.39, 0.29) is 0 Å². The highest BCUT2D eigenvalue weighted by atomic mass is 35.5. The number of anilines is 1. The third-order valence-electron chi connectivity index (χ3n) is 2.75. The maximum atomic E-state index is 5.83. The Labute approximate surface area is 109 Å². The van der Waals surface area contributed by atoms with Gasteiger partial charge in [-0.15, -0.1) is 0 Å². The van der Waals surface area contributed by atoms with E-state index >= 15 is 0 Å². The van der Waals surface area contributed by atoms with Crippen LogP contribution in [-0.4, -0.2) is 15.0 Å². The summed E-state index contributed by atoms with van der Waals surface area (Å²) in [6, 6.07) is 7.67. The second-order valence-electron chi connectivity index (χ2n) is 3.93. The molecule has 0 fully saturated rings. The Morgan fingerprint density at radius 3 is 3.06 bits per heavy atom. The van der Waals surface area contributed by atoms with E-state index in [2.05, 4.69) is 26.3 Å². The number of fused-ring (bicyclic) bond motifs is 1. The Bertz CT molecular complexity index is 677. The maximum Gasteiger partial charge on any atom is 0.137 e. The standard InChI is InChI=1S/C13H11ClN4/c14-12-6-10(3-5-15-12)17-7-9-8-18-13-11(9)2-1-4-16-13/h1-6,8H,7H2,(H,15,17)(H,16,18). The van der Waals surface area contributed by atoms with Crippen LogP contribution < -0.4 is 5.32 Å². The Morgan fingerprint density at radius 2 is 2.17 bits per heavy atom. The van der Waals surface area contributed by atoms with Crippen LogP contribution in [0.4, 0.5) is 5.69 Å². The number of rotatable bonds is 3. The predicted molar refractivity (Wildman–Crippen MR) is 72.7 cm³/mol. The van der Waals surface area contributed by atoms with Crippen molar-refractivity contribution in [2.75, 3.05) is 5.32 Å². The molecule has 0 radical (unpaired) electrons. The van der Waals surface area contributed by atoms with Gasteiger partial charge in [0, 0.05) is 36.2 Å². The summed E-state index contributed by atoms with van der Waals surface area (Å²) < 4.78 is 0. The van der Waals surface area contributed by atoms with Gasteiger partial charge in [-0.1, -0.05) is 11.6 Å². The highest BCUT2D eigenvalue weighted by Gasteiger charge is 2.03. The zero-order chi connectivity index (χ0) is 12.4. The van der Waals surface area contributed by atoms with Crippen LogP contribution in [0.3, 0.4) is 0 Å².